The Morgan fingerprint density at radius 1 is 0.833 bits per heavy atom. The van der Waals surface area contributed by atoms with Crippen LogP contribution in [0, 0.1) is 0 Å². The van der Waals surface area contributed by atoms with Gasteiger partial charge in [0.1, 0.15) is 18.3 Å². The molecule has 4 atom stereocenters. The Morgan fingerprint density at radius 2 is 1.33 bits per heavy atom. The number of hydrogen-bond acceptors (Lipinski definition) is 6. The van der Waals surface area contributed by atoms with Crippen LogP contribution in [-0.4, -0.2) is 72.2 Å². The molecule has 0 spiro atoms. The zero-order chi connectivity index (χ0) is 17.4. The summed E-state index contributed by atoms with van der Waals surface area (Å²) in [6.45, 7) is 10.5. The molecule has 1 N–H and O–H groups in total. The van der Waals surface area contributed by atoms with Gasteiger partial charge >= 0.3 is 0 Å². The summed E-state index contributed by atoms with van der Waals surface area (Å²) >= 11 is 0. The fourth-order valence-corrected chi connectivity index (χ4v) is 4.05. The number of aliphatic hydroxyl groups is 1. The monoisotopic (exact) mass is 343 g/mol. The minimum atomic E-state index is -0.660. The first kappa shape index (κ1) is 18.5. The number of hydrogen-bond donors (Lipinski definition) is 1. The molecule has 3 fully saturated rings. The van der Waals surface area contributed by atoms with E-state index in [-0.39, 0.29) is 18.2 Å². The summed E-state index contributed by atoms with van der Waals surface area (Å²) in [4.78, 5) is 2.38. The summed E-state index contributed by atoms with van der Waals surface area (Å²) in [5, 5.41) is 11.1. The highest BCUT2D eigenvalue weighted by Crippen LogP contribution is 2.32. The standard InChI is InChI=1S/C18H33NO5/c1-17(2)21-11-13(23-17)15(19-9-7-5-6-8-10-19)16(20)14-12-22-18(3,4)24-14/h13-16,20H,5-12H2,1-4H3/t13-,14-,15-,16+/m1/s1. The van der Waals surface area contributed by atoms with Crippen LogP contribution in [0.25, 0.3) is 0 Å². The summed E-state index contributed by atoms with van der Waals surface area (Å²) in [6.07, 6.45) is 3.68. The molecular formula is C18H33NO5. The molecule has 140 valence electrons. The maximum Gasteiger partial charge on any atom is 0.163 e. The third-order valence-electron chi connectivity index (χ3n) is 5.23. The minimum absolute atomic E-state index is 0.132. The molecule has 0 unspecified atom stereocenters. The predicted octanol–water partition coefficient (Wildman–Crippen LogP) is 1.89. The van der Waals surface area contributed by atoms with Crippen LogP contribution in [-0.2, 0) is 18.9 Å². The number of likely N-dealkylation sites (tertiary alicyclic amines) is 1. The topological polar surface area (TPSA) is 60.4 Å². The smallest absolute Gasteiger partial charge is 0.163 e. The van der Waals surface area contributed by atoms with Gasteiger partial charge in [0.25, 0.3) is 0 Å². The maximum atomic E-state index is 11.1. The van der Waals surface area contributed by atoms with E-state index in [1.165, 1.54) is 12.8 Å². The molecule has 6 heteroatoms. The van der Waals surface area contributed by atoms with Gasteiger partial charge in [-0.15, -0.1) is 0 Å². The van der Waals surface area contributed by atoms with Crippen LogP contribution in [0.5, 0.6) is 0 Å². The van der Waals surface area contributed by atoms with Crippen molar-refractivity contribution in [2.75, 3.05) is 26.3 Å². The second-order valence-electron chi connectivity index (χ2n) is 8.17. The molecule has 0 bridgehead atoms. The van der Waals surface area contributed by atoms with Gasteiger partial charge in [0, 0.05) is 0 Å². The summed E-state index contributed by atoms with van der Waals surface area (Å²) in [5.41, 5.74) is 0. The van der Waals surface area contributed by atoms with Crippen molar-refractivity contribution in [2.24, 2.45) is 0 Å². The van der Waals surface area contributed by atoms with Crippen molar-refractivity contribution in [2.45, 2.75) is 89.3 Å². The van der Waals surface area contributed by atoms with Crippen LogP contribution in [0.3, 0.4) is 0 Å². The molecule has 3 rings (SSSR count). The molecule has 0 radical (unpaired) electrons. The van der Waals surface area contributed by atoms with Crippen molar-refractivity contribution in [3.05, 3.63) is 0 Å². The van der Waals surface area contributed by atoms with Crippen LogP contribution in [0.4, 0.5) is 0 Å². The first-order valence-electron chi connectivity index (χ1n) is 9.33. The van der Waals surface area contributed by atoms with Crippen LogP contribution in [0.2, 0.25) is 0 Å². The molecule has 3 aliphatic rings. The van der Waals surface area contributed by atoms with Gasteiger partial charge in [-0.1, -0.05) is 12.8 Å². The van der Waals surface area contributed by atoms with Gasteiger partial charge in [-0.25, -0.2) is 0 Å². The van der Waals surface area contributed by atoms with Gasteiger partial charge in [0.15, 0.2) is 11.6 Å². The van der Waals surface area contributed by atoms with E-state index in [2.05, 4.69) is 4.90 Å². The zero-order valence-corrected chi connectivity index (χ0v) is 15.5. The Bertz CT molecular complexity index is 415. The maximum absolute atomic E-state index is 11.1. The molecule has 0 aromatic heterocycles. The Kier molecular flexibility index (Phi) is 5.54. The first-order valence-corrected chi connectivity index (χ1v) is 9.33. The van der Waals surface area contributed by atoms with E-state index >= 15 is 0 Å². The van der Waals surface area contributed by atoms with Crippen molar-refractivity contribution in [3.63, 3.8) is 0 Å². The van der Waals surface area contributed by atoms with Crippen LogP contribution >= 0.6 is 0 Å². The molecule has 0 amide bonds. The highest BCUT2D eigenvalue weighted by Gasteiger charge is 2.48. The van der Waals surface area contributed by atoms with E-state index in [9.17, 15) is 5.11 Å². The molecule has 6 nitrogen and oxygen atoms in total. The lowest BCUT2D eigenvalue weighted by Crippen LogP contribution is -2.56. The second kappa shape index (κ2) is 7.17. The zero-order valence-electron chi connectivity index (χ0n) is 15.5. The average Bonchev–Trinajstić information content (AvgIpc) is 2.91. The summed E-state index contributed by atoms with van der Waals surface area (Å²) in [5.74, 6) is -1.23. The molecule has 0 aromatic rings. The van der Waals surface area contributed by atoms with Crippen LogP contribution in [0.1, 0.15) is 53.4 Å². The molecule has 0 aliphatic carbocycles. The van der Waals surface area contributed by atoms with Crippen molar-refractivity contribution < 1.29 is 24.1 Å². The van der Waals surface area contributed by atoms with E-state index in [1.54, 1.807) is 0 Å². The molecule has 3 saturated heterocycles. The van der Waals surface area contributed by atoms with E-state index in [0.717, 1.165) is 25.9 Å². The summed E-state index contributed by atoms with van der Waals surface area (Å²) < 4.78 is 23.5. The SMILES string of the molecule is CC1(C)OC[C@H]([C@H](O)[C@@H]([C@H]2COC(C)(C)O2)N2CCCCCC2)O1. The Hall–Kier alpha value is -0.240. The lowest BCUT2D eigenvalue weighted by Gasteiger charge is -2.39. The van der Waals surface area contributed by atoms with Gasteiger partial charge < -0.3 is 24.1 Å². The Balaban J connectivity index is 1.76. The minimum Gasteiger partial charge on any atom is -0.389 e. The number of nitrogens with zero attached hydrogens (tertiary/aromatic N) is 1. The fraction of sp³-hybridized carbons (Fsp3) is 1.00. The average molecular weight is 343 g/mol. The molecule has 3 aliphatic heterocycles. The van der Waals surface area contributed by atoms with Crippen molar-refractivity contribution >= 4 is 0 Å². The van der Waals surface area contributed by atoms with Gasteiger partial charge in [-0.2, -0.15) is 0 Å². The normalized spacial score (nSPS) is 36.4. The number of ether oxygens (including phenoxy) is 4. The summed E-state index contributed by atoms with van der Waals surface area (Å²) in [7, 11) is 0. The number of aliphatic hydroxyl groups excluding tert-OH is 1. The second-order valence-corrected chi connectivity index (χ2v) is 8.17. The quantitative estimate of drug-likeness (QED) is 0.841. The Morgan fingerprint density at radius 3 is 1.79 bits per heavy atom. The van der Waals surface area contributed by atoms with Gasteiger partial charge in [-0.3, -0.25) is 4.90 Å². The van der Waals surface area contributed by atoms with E-state index in [0.29, 0.717) is 13.2 Å². The lowest BCUT2D eigenvalue weighted by atomic mass is 9.98. The van der Waals surface area contributed by atoms with Crippen molar-refractivity contribution in [1.82, 2.24) is 4.90 Å². The first-order chi connectivity index (χ1) is 11.3. The lowest BCUT2D eigenvalue weighted by molar-refractivity contribution is -0.175. The molecule has 24 heavy (non-hydrogen) atoms. The fourth-order valence-electron chi connectivity index (χ4n) is 4.05. The van der Waals surface area contributed by atoms with E-state index in [1.807, 2.05) is 27.7 Å². The molecular weight excluding hydrogens is 310 g/mol. The molecule has 0 aromatic carbocycles. The van der Waals surface area contributed by atoms with Crippen molar-refractivity contribution in [1.29, 1.82) is 0 Å². The number of rotatable bonds is 4. The molecule has 3 heterocycles. The highest BCUT2D eigenvalue weighted by atomic mass is 16.8. The van der Waals surface area contributed by atoms with Gasteiger partial charge in [-0.05, 0) is 53.6 Å². The third-order valence-corrected chi connectivity index (χ3v) is 5.23. The Labute approximate surface area is 145 Å². The third kappa shape index (κ3) is 4.29. The van der Waals surface area contributed by atoms with Crippen LogP contribution in [0.15, 0.2) is 0 Å². The van der Waals surface area contributed by atoms with Crippen LogP contribution < -0.4 is 0 Å². The van der Waals surface area contributed by atoms with E-state index in [4.69, 9.17) is 18.9 Å². The largest absolute Gasteiger partial charge is 0.389 e. The van der Waals surface area contributed by atoms with Crippen molar-refractivity contribution in [3.8, 4) is 0 Å². The highest BCUT2D eigenvalue weighted by molar-refractivity contribution is 4.95. The predicted molar refractivity (Wildman–Crippen MR) is 89.6 cm³/mol. The van der Waals surface area contributed by atoms with Gasteiger partial charge in [0.05, 0.1) is 19.3 Å². The summed E-state index contributed by atoms with van der Waals surface area (Å²) in [6, 6.07) is -0.132. The van der Waals surface area contributed by atoms with Gasteiger partial charge in [0.2, 0.25) is 0 Å². The van der Waals surface area contributed by atoms with E-state index < -0.39 is 17.7 Å². The molecule has 0 saturated carbocycles.